The zero-order chi connectivity index (χ0) is 13.4. The molecule has 1 aromatic rings. The van der Waals surface area contributed by atoms with Crippen LogP contribution in [0.25, 0.3) is 6.08 Å². The molecule has 0 aliphatic heterocycles. The number of esters is 1. The second-order valence-corrected chi connectivity index (χ2v) is 3.79. The van der Waals surface area contributed by atoms with Crippen LogP contribution in [-0.4, -0.2) is 24.8 Å². The van der Waals surface area contributed by atoms with Crippen molar-refractivity contribution in [2.24, 2.45) is 0 Å². The van der Waals surface area contributed by atoms with E-state index in [1.165, 1.54) is 7.11 Å². The molecule has 0 atom stereocenters. The molecule has 98 valence electrons. The minimum absolute atomic E-state index is 0.150. The fourth-order valence-corrected chi connectivity index (χ4v) is 1.30. The maximum absolute atomic E-state index is 11.7. The van der Waals surface area contributed by atoms with Crippen molar-refractivity contribution < 1.29 is 19.4 Å². The van der Waals surface area contributed by atoms with Gasteiger partial charge in [0.2, 0.25) is 5.76 Å². The Hall–Kier alpha value is -1.97. The lowest BCUT2D eigenvalue weighted by Crippen LogP contribution is -2.10. The molecule has 0 aromatic heterocycles. The molecule has 0 fully saturated rings. The van der Waals surface area contributed by atoms with Crippen LogP contribution in [0.15, 0.2) is 30.0 Å². The number of aromatic hydroxyl groups is 1. The predicted octanol–water partition coefficient (Wildman–Crippen LogP) is 2.72. The van der Waals surface area contributed by atoms with Gasteiger partial charge in [-0.15, -0.1) is 0 Å². The van der Waals surface area contributed by atoms with E-state index in [1.54, 1.807) is 30.3 Å². The van der Waals surface area contributed by atoms with Gasteiger partial charge in [0.05, 0.1) is 13.7 Å². The van der Waals surface area contributed by atoms with Crippen molar-refractivity contribution in [1.82, 2.24) is 0 Å². The number of carbonyl (C=O) groups excluding carboxylic acids is 1. The van der Waals surface area contributed by atoms with E-state index in [0.717, 1.165) is 18.4 Å². The number of rotatable bonds is 6. The summed E-state index contributed by atoms with van der Waals surface area (Å²) in [7, 11) is 1.42. The number of unbranched alkanes of at least 4 members (excludes halogenated alkanes) is 1. The van der Waals surface area contributed by atoms with E-state index in [-0.39, 0.29) is 11.5 Å². The number of ether oxygens (including phenoxy) is 2. The molecule has 0 saturated heterocycles. The Morgan fingerprint density at radius 3 is 2.56 bits per heavy atom. The van der Waals surface area contributed by atoms with Crippen LogP contribution in [0, 0.1) is 0 Å². The Kier molecular flexibility index (Phi) is 5.77. The molecule has 0 spiro atoms. The number of phenols is 1. The molecule has 4 heteroatoms. The number of hydrogen-bond acceptors (Lipinski definition) is 4. The van der Waals surface area contributed by atoms with Crippen LogP contribution in [0.1, 0.15) is 25.3 Å². The van der Waals surface area contributed by atoms with Crippen LogP contribution in [0.2, 0.25) is 0 Å². The van der Waals surface area contributed by atoms with E-state index in [0.29, 0.717) is 6.61 Å². The van der Waals surface area contributed by atoms with Gasteiger partial charge in [0.25, 0.3) is 0 Å². The third kappa shape index (κ3) is 4.49. The van der Waals surface area contributed by atoms with Crippen molar-refractivity contribution in [2.45, 2.75) is 19.8 Å². The predicted molar refractivity (Wildman–Crippen MR) is 69.0 cm³/mol. The Morgan fingerprint density at radius 1 is 1.33 bits per heavy atom. The standard InChI is InChI=1S/C14H18O4/c1-3-4-9-18-14(16)13(17-2)10-11-5-7-12(15)8-6-11/h5-8,10,15H,3-4,9H2,1-2H3/b13-10-. The van der Waals surface area contributed by atoms with Gasteiger partial charge >= 0.3 is 5.97 Å². The van der Waals surface area contributed by atoms with Crippen LogP contribution in [0.5, 0.6) is 5.75 Å². The minimum atomic E-state index is -0.473. The highest BCUT2D eigenvalue weighted by atomic mass is 16.6. The van der Waals surface area contributed by atoms with Crippen LogP contribution < -0.4 is 0 Å². The molecule has 0 amide bonds. The summed E-state index contributed by atoms with van der Waals surface area (Å²) in [5.74, 6) is -0.146. The molecule has 0 aliphatic rings. The average Bonchev–Trinajstić information content (AvgIpc) is 2.38. The first kappa shape index (κ1) is 14.1. The van der Waals surface area contributed by atoms with E-state index in [1.807, 2.05) is 6.92 Å². The van der Waals surface area contributed by atoms with Gasteiger partial charge in [-0.2, -0.15) is 0 Å². The highest BCUT2D eigenvalue weighted by molar-refractivity contribution is 5.91. The van der Waals surface area contributed by atoms with Crippen molar-refractivity contribution in [3.8, 4) is 5.75 Å². The highest BCUT2D eigenvalue weighted by Crippen LogP contribution is 2.13. The van der Waals surface area contributed by atoms with E-state index in [9.17, 15) is 4.79 Å². The van der Waals surface area contributed by atoms with Gasteiger partial charge in [-0.05, 0) is 30.2 Å². The van der Waals surface area contributed by atoms with Crippen molar-refractivity contribution in [1.29, 1.82) is 0 Å². The van der Waals surface area contributed by atoms with E-state index in [2.05, 4.69) is 0 Å². The molecule has 4 nitrogen and oxygen atoms in total. The molecule has 0 bridgehead atoms. The molecule has 0 saturated carbocycles. The fraction of sp³-hybridized carbons (Fsp3) is 0.357. The van der Waals surface area contributed by atoms with Crippen LogP contribution in [-0.2, 0) is 14.3 Å². The molecule has 1 rings (SSSR count). The number of phenolic OH excluding ortho intramolecular Hbond substituents is 1. The Bertz CT molecular complexity index is 406. The van der Waals surface area contributed by atoms with Crippen LogP contribution >= 0.6 is 0 Å². The quantitative estimate of drug-likeness (QED) is 0.365. The lowest BCUT2D eigenvalue weighted by atomic mass is 10.2. The Balaban J connectivity index is 2.69. The van der Waals surface area contributed by atoms with Gasteiger partial charge in [-0.25, -0.2) is 4.79 Å². The molecule has 1 N–H and O–H groups in total. The number of carbonyl (C=O) groups is 1. The van der Waals surface area contributed by atoms with E-state index >= 15 is 0 Å². The summed E-state index contributed by atoms with van der Waals surface area (Å²) in [4.78, 5) is 11.7. The molecule has 0 aliphatic carbocycles. The molecule has 0 radical (unpaired) electrons. The van der Waals surface area contributed by atoms with Crippen molar-refractivity contribution in [3.05, 3.63) is 35.6 Å². The summed E-state index contributed by atoms with van der Waals surface area (Å²) in [6.45, 7) is 2.42. The maximum Gasteiger partial charge on any atom is 0.373 e. The maximum atomic E-state index is 11.7. The average molecular weight is 250 g/mol. The first-order chi connectivity index (χ1) is 8.67. The summed E-state index contributed by atoms with van der Waals surface area (Å²) in [6.07, 6.45) is 3.38. The van der Waals surface area contributed by atoms with Crippen LogP contribution in [0.3, 0.4) is 0 Å². The monoisotopic (exact) mass is 250 g/mol. The van der Waals surface area contributed by atoms with Gasteiger partial charge in [-0.3, -0.25) is 0 Å². The molecular formula is C14H18O4. The Labute approximate surface area is 107 Å². The van der Waals surface area contributed by atoms with Crippen molar-refractivity contribution >= 4 is 12.0 Å². The zero-order valence-corrected chi connectivity index (χ0v) is 10.7. The van der Waals surface area contributed by atoms with E-state index in [4.69, 9.17) is 14.6 Å². The normalized spacial score (nSPS) is 11.1. The van der Waals surface area contributed by atoms with Gasteiger partial charge in [0, 0.05) is 0 Å². The smallest absolute Gasteiger partial charge is 0.373 e. The SMILES string of the molecule is CCCCOC(=O)/C(=C/c1ccc(O)cc1)OC. The molecule has 18 heavy (non-hydrogen) atoms. The van der Waals surface area contributed by atoms with Gasteiger partial charge < -0.3 is 14.6 Å². The summed E-state index contributed by atoms with van der Waals surface area (Å²) in [5.41, 5.74) is 0.761. The van der Waals surface area contributed by atoms with Gasteiger partial charge in [-0.1, -0.05) is 25.5 Å². The first-order valence-electron chi connectivity index (χ1n) is 5.89. The topological polar surface area (TPSA) is 55.8 Å². The number of methoxy groups -OCH3 is 1. The summed E-state index contributed by atoms with van der Waals surface area (Å²) < 4.78 is 10.1. The van der Waals surface area contributed by atoms with Gasteiger partial charge in [0.1, 0.15) is 5.75 Å². The summed E-state index contributed by atoms with van der Waals surface area (Å²) in [5, 5.41) is 9.16. The van der Waals surface area contributed by atoms with Crippen molar-refractivity contribution in [3.63, 3.8) is 0 Å². The highest BCUT2D eigenvalue weighted by Gasteiger charge is 2.11. The summed E-state index contributed by atoms with van der Waals surface area (Å²) >= 11 is 0. The second-order valence-electron chi connectivity index (χ2n) is 3.79. The summed E-state index contributed by atoms with van der Waals surface area (Å²) in [6, 6.07) is 6.46. The molecule has 1 aromatic carbocycles. The molecule has 0 heterocycles. The Morgan fingerprint density at radius 2 is 2.00 bits per heavy atom. The lowest BCUT2D eigenvalue weighted by Gasteiger charge is -2.06. The fourth-order valence-electron chi connectivity index (χ4n) is 1.30. The van der Waals surface area contributed by atoms with Gasteiger partial charge in [0.15, 0.2) is 0 Å². The van der Waals surface area contributed by atoms with E-state index < -0.39 is 5.97 Å². The first-order valence-corrected chi connectivity index (χ1v) is 5.89. The third-order valence-corrected chi connectivity index (χ3v) is 2.34. The molecule has 0 unspecified atom stereocenters. The van der Waals surface area contributed by atoms with Crippen LogP contribution in [0.4, 0.5) is 0 Å². The largest absolute Gasteiger partial charge is 0.508 e. The lowest BCUT2D eigenvalue weighted by molar-refractivity contribution is -0.142. The molecular weight excluding hydrogens is 232 g/mol. The zero-order valence-electron chi connectivity index (χ0n) is 10.7. The minimum Gasteiger partial charge on any atom is -0.508 e. The third-order valence-electron chi connectivity index (χ3n) is 2.34. The second kappa shape index (κ2) is 7.37. The number of benzene rings is 1. The number of hydrogen-bond donors (Lipinski definition) is 1. The van der Waals surface area contributed by atoms with Crippen molar-refractivity contribution in [2.75, 3.05) is 13.7 Å².